The fraction of sp³-hybridized carbons (Fsp3) is 0.435. The van der Waals surface area contributed by atoms with Crippen LogP contribution in [-0.2, 0) is 14.8 Å². The molecular weight excluding hydrogens is 400 g/mol. The summed E-state index contributed by atoms with van der Waals surface area (Å²) < 4.78 is 32.2. The Hall–Kier alpha value is -2.54. The molecule has 1 amide bonds. The molecule has 2 atom stereocenters. The number of rotatable bonds is 9. The highest BCUT2D eigenvalue weighted by Crippen LogP contribution is 2.25. The normalized spacial score (nSPS) is 13.4. The lowest BCUT2D eigenvalue weighted by Gasteiger charge is -2.31. The molecule has 2 rings (SSSR count). The summed E-state index contributed by atoms with van der Waals surface area (Å²) in [7, 11) is -3.66. The summed E-state index contributed by atoms with van der Waals surface area (Å²) >= 11 is 0. The molecule has 0 unspecified atom stereocenters. The van der Waals surface area contributed by atoms with Gasteiger partial charge in [0.05, 0.1) is 18.0 Å². The smallest absolute Gasteiger partial charge is 0.244 e. The van der Waals surface area contributed by atoms with E-state index in [2.05, 4.69) is 5.32 Å². The molecule has 6 nitrogen and oxygen atoms in total. The molecule has 30 heavy (non-hydrogen) atoms. The number of hydrogen-bond acceptors (Lipinski definition) is 4. The number of carbonyl (C=O) groups is 1. The summed E-state index contributed by atoms with van der Waals surface area (Å²) in [6.07, 6.45) is 1.47. The third kappa shape index (κ3) is 6.49. The van der Waals surface area contributed by atoms with Crippen LogP contribution in [0.5, 0.6) is 5.75 Å². The Morgan fingerprint density at radius 2 is 1.60 bits per heavy atom. The van der Waals surface area contributed by atoms with Crippen molar-refractivity contribution in [2.45, 2.75) is 53.1 Å². The second-order valence-electron chi connectivity index (χ2n) is 7.86. The Morgan fingerprint density at radius 1 is 1.03 bits per heavy atom. The van der Waals surface area contributed by atoms with Crippen molar-refractivity contribution < 1.29 is 17.9 Å². The van der Waals surface area contributed by atoms with E-state index >= 15 is 0 Å². The van der Waals surface area contributed by atoms with E-state index in [1.807, 2.05) is 58.0 Å². The molecule has 0 spiro atoms. The highest BCUT2D eigenvalue weighted by molar-refractivity contribution is 7.92. The van der Waals surface area contributed by atoms with Gasteiger partial charge in [0.15, 0.2) is 0 Å². The van der Waals surface area contributed by atoms with Crippen molar-refractivity contribution in [1.82, 2.24) is 5.32 Å². The zero-order valence-corrected chi connectivity index (χ0v) is 19.4. The second-order valence-corrected chi connectivity index (χ2v) is 9.72. The molecule has 0 saturated carbocycles. The van der Waals surface area contributed by atoms with Crippen LogP contribution in [0.3, 0.4) is 0 Å². The largest absolute Gasteiger partial charge is 0.491 e. The van der Waals surface area contributed by atoms with E-state index in [0.717, 1.165) is 28.7 Å². The predicted molar refractivity (Wildman–Crippen MR) is 122 cm³/mol. The summed E-state index contributed by atoms with van der Waals surface area (Å²) in [5, 5.41) is 2.89. The van der Waals surface area contributed by atoms with Crippen LogP contribution in [0.1, 0.15) is 37.0 Å². The molecule has 1 N–H and O–H groups in total. The van der Waals surface area contributed by atoms with Gasteiger partial charge in [0, 0.05) is 0 Å². The number of nitrogens with one attached hydrogen (secondary N) is 1. The monoisotopic (exact) mass is 432 g/mol. The van der Waals surface area contributed by atoms with Crippen LogP contribution in [0.2, 0.25) is 0 Å². The highest BCUT2D eigenvalue weighted by Gasteiger charge is 2.32. The molecule has 0 heterocycles. The van der Waals surface area contributed by atoms with E-state index in [1.54, 1.807) is 19.1 Å². The number of anilines is 1. The maximum atomic E-state index is 13.0. The zero-order chi connectivity index (χ0) is 22.5. The molecule has 0 fully saturated rings. The summed E-state index contributed by atoms with van der Waals surface area (Å²) in [5.41, 5.74) is 3.52. The minimum Gasteiger partial charge on any atom is -0.491 e. The highest BCUT2D eigenvalue weighted by atomic mass is 32.2. The van der Waals surface area contributed by atoms with Gasteiger partial charge in [-0.25, -0.2) is 8.42 Å². The molecule has 2 aromatic carbocycles. The SMILES string of the molecule is CC[C@H](C(=O)N[C@H](C)COc1ccc(C)cc1)N(c1cc(C)cc(C)c1)S(C)(=O)=O. The molecule has 0 saturated heterocycles. The van der Waals surface area contributed by atoms with Crippen LogP contribution in [0.4, 0.5) is 5.69 Å². The first-order valence-electron chi connectivity index (χ1n) is 10.1. The van der Waals surface area contributed by atoms with Gasteiger partial charge in [-0.15, -0.1) is 0 Å². The van der Waals surface area contributed by atoms with Crippen LogP contribution >= 0.6 is 0 Å². The maximum absolute atomic E-state index is 13.0. The van der Waals surface area contributed by atoms with E-state index in [4.69, 9.17) is 4.74 Å². The summed E-state index contributed by atoms with van der Waals surface area (Å²) in [4.78, 5) is 13.0. The molecule has 164 valence electrons. The number of sulfonamides is 1. The Morgan fingerprint density at radius 3 is 2.10 bits per heavy atom. The third-order valence-corrected chi connectivity index (χ3v) is 5.88. The van der Waals surface area contributed by atoms with E-state index in [0.29, 0.717) is 12.1 Å². The minimum absolute atomic E-state index is 0.284. The molecule has 0 aliphatic heterocycles. The molecular formula is C23H32N2O4S. The van der Waals surface area contributed by atoms with Gasteiger partial charge in [0.25, 0.3) is 0 Å². The number of hydrogen-bond donors (Lipinski definition) is 1. The van der Waals surface area contributed by atoms with Gasteiger partial charge >= 0.3 is 0 Å². The number of carbonyl (C=O) groups excluding carboxylic acids is 1. The van der Waals surface area contributed by atoms with E-state index in [-0.39, 0.29) is 18.6 Å². The molecule has 0 radical (unpaired) electrons. The molecule has 0 bridgehead atoms. The van der Waals surface area contributed by atoms with E-state index in [1.165, 1.54) is 4.31 Å². The average Bonchev–Trinajstić information content (AvgIpc) is 2.63. The molecule has 2 aromatic rings. The van der Waals surface area contributed by atoms with Crippen molar-refractivity contribution in [3.8, 4) is 5.75 Å². The van der Waals surface area contributed by atoms with Crippen molar-refractivity contribution in [2.75, 3.05) is 17.2 Å². The molecule has 0 aromatic heterocycles. The van der Waals surface area contributed by atoms with Gasteiger partial charge in [-0.05, 0) is 69.5 Å². The summed E-state index contributed by atoms with van der Waals surface area (Å²) in [6, 6.07) is 12.1. The van der Waals surface area contributed by atoms with Gasteiger partial charge < -0.3 is 10.1 Å². The Balaban J connectivity index is 2.15. The lowest BCUT2D eigenvalue weighted by atomic mass is 10.1. The first-order valence-corrected chi connectivity index (χ1v) is 11.9. The molecule has 7 heteroatoms. The van der Waals surface area contributed by atoms with E-state index < -0.39 is 16.1 Å². The number of aryl methyl sites for hydroxylation is 3. The number of ether oxygens (including phenoxy) is 1. The van der Waals surface area contributed by atoms with Gasteiger partial charge in [-0.1, -0.05) is 30.7 Å². The Bertz CT molecular complexity index is 951. The van der Waals surface area contributed by atoms with Crippen molar-refractivity contribution in [3.63, 3.8) is 0 Å². The van der Waals surface area contributed by atoms with Crippen molar-refractivity contribution in [3.05, 3.63) is 59.2 Å². The quantitative estimate of drug-likeness (QED) is 0.655. The Labute approximate surface area is 180 Å². The van der Waals surface area contributed by atoms with Crippen molar-refractivity contribution in [1.29, 1.82) is 0 Å². The van der Waals surface area contributed by atoms with Crippen LogP contribution in [-0.4, -0.2) is 39.3 Å². The van der Waals surface area contributed by atoms with Crippen molar-refractivity contribution in [2.24, 2.45) is 0 Å². The standard InChI is InChI=1S/C23H32N2O4S/c1-7-22(25(30(6,27)28)20-13-17(3)12-18(4)14-20)23(26)24-19(5)15-29-21-10-8-16(2)9-11-21/h8-14,19,22H,7,15H2,1-6H3,(H,24,26)/t19-,22-/m1/s1. The zero-order valence-electron chi connectivity index (χ0n) is 18.6. The van der Waals surface area contributed by atoms with Gasteiger partial charge in [0.2, 0.25) is 15.9 Å². The number of benzene rings is 2. The molecule has 0 aliphatic rings. The van der Waals surface area contributed by atoms with Crippen LogP contribution in [0.25, 0.3) is 0 Å². The van der Waals surface area contributed by atoms with Crippen LogP contribution < -0.4 is 14.4 Å². The predicted octanol–water partition coefficient (Wildman–Crippen LogP) is 3.74. The first-order chi connectivity index (χ1) is 14.0. The second kappa shape index (κ2) is 9.98. The van der Waals surface area contributed by atoms with Crippen LogP contribution in [0.15, 0.2) is 42.5 Å². The van der Waals surface area contributed by atoms with Gasteiger partial charge in [-0.2, -0.15) is 0 Å². The number of nitrogens with zero attached hydrogens (tertiary/aromatic N) is 1. The lowest BCUT2D eigenvalue weighted by Crippen LogP contribution is -2.52. The Kier molecular flexibility index (Phi) is 7.89. The fourth-order valence-electron chi connectivity index (χ4n) is 3.37. The van der Waals surface area contributed by atoms with Gasteiger partial charge in [-0.3, -0.25) is 9.10 Å². The van der Waals surface area contributed by atoms with Crippen molar-refractivity contribution >= 4 is 21.6 Å². The lowest BCUT2D eigenvalue weighted by molar-refractivity contribution is -0.123. The summed E-state index contributed by atoms with van der Waals surface area (Å²) in [6.45, 7) is 9.73. The van der Waals surface area contributed by atoms with E-state index in [9.17, 15) is 13.2 Å². The molecule has 0 aliphatic carbocycles. The maximum Gasteiger partial charge on any atom is 0.244 e. The summed E-state index contributed by atoms with van der Waals surface area (Å²) in [5.74, 6) is 0.379. The third-order valence-electron chi connectivity index (χ3n) is 4.70. The first kappa shape index (κ1) is 23.7. The average molecular weight is 433 g/mol. The number of amides is 1. The topological polar surface area (TPSA) is 75.7 Å². The fourth-order valence-corrected chi connectivity index (χ4v) is 4.57. The minimum atomic E-state index is -3.66. The van der Waals surface area contributed by atoms with Gasteiger partial charge in [0.1, 0.15) is 18.4 Å². The van der Waals surface area contributed by atoms with Crippen LogP contribution in [0, 0.1) is 20.8 Å².